The Labute approximate surface area is 114 Å². The molecule has 2 rings (SSSR count). The Balaban J connectivity index is 2.16. The molecule has 4 nitrogen and oxygen atoms in total. The maximum atomic E-state index is 13.4. The zero-order valence-electron chi connectivity index (χ0n) is 10.3. The first-order valence-electron chi connectivity index (χ1n) is 5.75. The van der Waals surface area contributed by atoms with Crippen molar-refractivity contribution in [2.75, 3.05) is 0 Å². The van der Waals surface area contributed by atoms with Crippen LogP contribution in [0.4, 0.5) is 4.39 Å². The van der Waals surface area contributed by atoms with Crippen molar-refractivity contribution >= 4 is 5.97 Å². The molecule has 0 saturated heterocycles. The van der Waals surface area contributed by atoms with Gasteiger partial charge >= 0.3 is 5.97 Å². The lowest BCUT2D eigenvalue weighted by molar-refractivity contribution is 0.0686. The number of carboxylic acids is 1. The Bertz CT molecular complexity index is 675. The largest absolute Gasteiger partial charge is 0.488 e. The predicted molar refractivity (Wildman–Crippen MR) is 68.8 cm³/mol. The molecule has 0 amide bonds. The minimum Gasteiger partial charge on any atom is -0.488 e. The van der Waals surface area contributed by atoms with Gasteiger partial charge in [-0.05, 0) is 29.8 Å². The van der Waals surface area contributed by atoms with Crippen molar-refractivity contribution in [3.63, 3.8) is 0 Å². The summed E-state index contributed by atoms with van der Waals surface area (Å²) >= 11 is 0. The third-order valence-corrected chi connectivity index (χ3v) is 2.67. The molecular weight excluding hydrogens is 261 g/mol. The molecule has 0 heterocycles. The van der Waals surface area contributed by atoms with Gasteiger partial charge < -0.3 is 9.84 Å². The van der Waals surface area contributed by atoms with Crippen LogP contribution in [0.25, 0.3) is 0 Å². The Morgan fingerprint density at radius 1 is 1.25 bits per heavy atom. The molecule has 20 heavy (non-hydrogen) atoms. The van der Waals surface area contributed by atoms with Crippen LogP contribution in [-0.4, -0.2) is 11.1 Å². The Hall–Kier alpha value is -2.87. The average molecular weight is 271 g/mol. The number of hydrogen-bond donors (Lipinski definition) is 1. The van der Waals surface area contributed by atoms with E-state index in [2.05, 4.69) is 0 Å². The fourth-order valence-electron chi connectivity index (χ4n) is 1.67. The quantitative estimate of drug-likeness (QED) is 0.928. The lowest BCUT2D eigenvalue weighted by Crippen LogP contribution is -2.06. The highest BCUT2D eigenvalue weighted by molar-refractivity contribution is 5.91. The van der Waals surface area contributed by atoms with Crippen molar-refractivity contribution in [3.05, 3.63) is 65.0 Å². The summed E-state index contributed by atoms with van der Waals surface area (Å²) in [5, 5.41) is 17.6. The van der Waals surface area contributed by atoms with Crippen LogP contribution in [0.1, 0.15) is 21.5 Å². The lowest BCUT2D eigenvalue weighted by Gasteiger charge is -2.09. The summed E-state index contributed by atoms with van der Waals surface area (Å²) in [5.41, 5.74) is 0.788. The summed E-state index contributed by atoms with van der Waals surface area (Å²) in [6, 6.07) is 12.5. The molecule has 0 unspecified atom stereocenters. The second-order valence-corrected chi connectivity index (χ2v) is 4.02. The molecule has 0 aliphatic rings. The van der Waals surface area contributed by atoms with Crippen LogP contribution in [0.5, 0.6) is 5.75 Å². The third kappa shape index (κ3) is 2.93. The molecule has 2 aromatic rings. The molecule has 2 aromatic carbocycles. The van der Waals surface area contributed by atoms with Gasteiger partial charge in [-0.25, -0.2) is 9.18 Å². The van der Waals surface area contributed by atoms with Gasteiger partial charge in [0.05, 0.1) is 11.6 Å². The average Bonchev–Trinajstić information content (AvgIpc) is 2.45. The number of benzene rings is 2. The topological polar surface area (TPSA) is 70.3 Å². The van der Waals surface area contributed by atoms with E-state index in [1.165, 1.54) is 12.1 Å². The SMILES string of the molecule is N#Cc1ccc(COc2cccc(F)c2C(=O)O)cc1. The van der Waals surface area contributed by atoms with E-state index in [0.717, 1.165) is 11.6 Å². The molecule has 1 N–H and O–H groups in total. The number of hydrogen-bond acceptors (Lipinski definition) is 3. The van der Waals surface area contributed by atoms with Gasteiger partial charge in [-0.2, -0.15) is 5.26 Å². The highest BCUT2D eigenvalue weighted by atomic mass is 19.1. The van der Waals surface area contributed by atoms with E-state index in [4.69, 9.17) is 15.1 Å². The molecule has 0 aliphatic carbocycles. The van der Waals surface area contributed by atoms with Crippen LogP contribution < -0.4 is 4.74 Å². The first kappa shape index (κ1) is 13.6. The fraction of sp³-hybridized carbons (Fsp3) is 0.0667. The molecule has 0 radical (unpaired) electrons. The molecular formula is C15H10FNO3. The monoisotopic (exact) mass is 271 g/mol. The van der Waals surface area contributed by atoms with Crippen molar-refractivity contribution in [2.24, 2.45) is 0 Å². The highest BCUT2D eigenvalue weighted by Crippen LogP contribution is 2.22. The van der Waals surface area contributed by atoms with Gasteiger partial charge in [0.15, 0.2) is 0 Å². The smallest absolute Gasteiger partial charge is 0.342 e. The number of halogens is 1. The van der Waals surface area contributed by atoms with Crippen molar-refractivity contribution < 1.29 is 19.0 Å². The van der Waals surface area contributed by atoms with E-state index >= 15 is 0 Å². The molecule has 5 heteroatoms. The summed E-state index contributed by atoms with van der Waals surface area (Å²) < 4.78 is 18.8. The molecule has 0 aromatic heterocycles. The summed E-state index contributed by atoms with van der Waals surface area (Å²) in [6.07, 6.45) is 0. The molecule has 0 bridgehead atoms. The number of ether oxygens (including phenoxy) is 1. The first-order chi connectivity index (χ1) is 9.61. The number of nitrogens with zero attached hydrogens (tertiary/aromatic N) is 1. The van der Waals surface area contributed by atoms with E-state index < -0.39 is 17.3 Å². The van der Waals surface area contributed by atoms with E-state index in [9.17, 15) is 9.18 Å². The van der Waals surface area contributed by atoms with Gasteiger partial charge in [-0.1, -0.05) is 18.2 Å². The van der Waals surface area contributed by atoms with Gasteiger partial charge in [0.25, 0.3) is 0 Å². The number of aromatic carboxylic acids is 1. The van der Waals surface area contributed by atoms with E-state index in [1.54, 1.807) is 24.3 Å². The highest BCUT2D eigenvalue weighted by Gasteiger charge is 2.16. The number of carboxylic acid groups (broad SMARTS) is 1. The van der Waals surface area contributed by atoms with Gasteiger partial charge in [-0.15, -0.1) is 0 Å². The second kappa shape index (κ2) is 5.85. The molecule has 0 atom stereocenters. The summed E-state index contributed by atoms with van der Waals surface area (Å²) in [4.78, 5) is 11.0. The van der Waals surface area contributed by atoms with E-state index in [-0.39, 0.29) is 12.4 Å². The van der Waals surface area contributed by atoms with Crippen LogP contribution in [0, 0.1) is 17.1 Å². The van der Waals surface area contributed by atoms with Crippen LogP contribution in [0.15, 0.2) is 42.5 Å². The van der Waals surface area contributed by atoms with Crippen molar-refractivity contribution in [1.82, 2.24) is 0 Å². The molecule has 100 valence electrons. The zero-order valence-corrected chi connectivity index (χ0v) is 10.3. The van der Waals surface area contributed by atoms with Gasteiger partial charge in [-0.3, -0.25) is 0 Å². The Kier molecular flexibility index (Phi) is 3.96. The van der Waals surface area contributed by atoms with Crippen LogP contribution >= 0.6 is 0 Å². The van der Waals surface area contributed by atoms with Gasteiger partial charge in [0, 0.05) is 0 Å². The van der Waals surface area contributed by atoms with Gasteiger partial charge in [0.1, 0.15) is 23.7 Å². The minimum atomic E-state index is -1.38. The normalized spacial score (nSPS) is 9.80. The molecule has 0 saturated carbocycles. The van der Waals surface area contributed by atoms with Crippen molar-refractivity contribution in [2.45, 2.75) is 6.61 Å². The summed E-state index contributed by atoms with van der Waals surface area (Å²) in [5.74, 6) is -2.24. The summed E-state index contributed by atoms with van der Waals surface area (Å²) in [7, 11) is 0. The standard InChI is InChI=1S/C15H10FNO3/c16-12-2-1-3-13(14(12)15(18)19)20-9-11-6-4-10(8-17)5-7-11/h1-7H,9H2,(H,18,19). The molecule has 0 fully saturated rings. The van der Waals surface area contributed by atoms with Crippen LogP contribution in [-0.2, 0) is 6.61 Å². The van der Waals surface area contributed by atoms with E-state index in [1.807, 2.05) is 6.07 Å². The van der Waals surface area contributed by atoms with Gasteiger partial charge in [0.2, 0.25) is 0 Å². The Morgan fingerprint density at radius 2 is 1.95 bits per heavy atom. The maximum absolute atomic E-state index is 13.4. The van der Waals surface area contributed by atoms with Crippen molar-refractivity contribution in [1.29, 1.82) is 5.26 Å². The fourth-order valence-corrected chi connectivity index (χ4v) is 1.67. The first-order valence-corrected chi connectivity index (χ1v) is 5.75. The van der Waals surface area contributed by atoms with Crippen LogP contribution in [0.3, 0.4) is 0 Å². The number of nitriles is 1. The maximum Gasteiger partial charge on any atom is 0.342 e. The summed E-state index contributed by atoms with van der Waals surface area (Å²) in [6.45, 7) is 0.0927. The number of rotatable bonds is 4. The minimum absolute atomic E-state index is 0.0261. The predicted octanol–water partition coefficient (Wildman–Crippen LogP) is 2.97. The second-order valence-electron chi connectivity index (χ2n) is 4.02. The molecule has 0 aliphatic heterocycles. The van der Waals surface area contributed by atoms with E-state index in [0.29, 0.717) is 5.56 Å². The lowest BCUT2D eigenvalue weighted by atomic mass is 10.1. The Morgan fingerprint density at radius 3 is 2.55 bits per heavy atom. The number of carbonyl (C=O) groups is 1. The van der Waals surface area contributed by atoms with Crippen molar-refractivity contribution in [3.8, 4) is 11.8 Å². The third-order valence-electron chi connectivity index (χ3n) is 2.67. The zero-order chi connectivity index (χ0) is 14.5. The van der Waals surface area contributed by atoms with Crippen LogP contribution in [0.2, 0.25) is 0 Å². The molecule has 0 spiro atoms.